The van der Waals surface area contributed by atoms with Gasteiger partial charge in [0, 0.05) is 24.8 Å². The summed E-state index contributed by atoms with van der Waals surface area (Å²) < 4.78 is 69.7. The second kappa shape index (κ2) is 7.30. The van der Waals surface area contributed by atoms with Crippen LogP contribution < -0.4 is 0 Å². The van der Waals surface area contributed by atoms with Crippen LogP contribution in [-0.2, 0) is 16.2 Å². The highest BCUT2D eigenvalue weighted by Gasteiger charge is 2.38. The van der Waals surface area contributed by atoms with Gasteiger partial charge >= 0.3 is 12.1 Å². The van der Waals surface area contributed by atoms with Gasteiger partial charge in [-0.15, -0.1) is 0 Å². The lowest BCUT2D eigenvalue weighted by Crippen LogP contribution is -2.11. The van der Waals surface area contributed by atoms with E-state index in [1.807, 2.05) is 0 Å². The van der Waals surface area contributed by atoms with E-state index < -0.39 is 22.1 Å². The molecule has 0 N–H and O–H groups in total. The topological polar surface area (TPSA) is 95.8 Å². The number of alkyl halides is 3. The summed E-state index contributed by atoms with van der Waals surface area (Å²) in [5, 5.41) is 7.28. The summed E-state index contributed by atoms with van der Waals surface area (Å²) in [6, 6.07) is 9.39. The van der Waals surface area contributed by atoms with E-state index in [1.54, 1.807) is 35.3 Å². The van der Waals surface area contributed by atoms with Crippen molar-refractivity contribution >= 4 is 22.2 Å². The molecule has 4 aromatic rings. The van der Waals surface area contributed by atoms with Gasteiger partial charge in [-0.05, 0) is 54.1 Å². The third-order valence-electron chi connectivity index (χ3n) is 3.98. The van der Waals surface area contributed by atoms with Crippen molar-refractivity contribution in [3.8, 4) is 5.69 Å². The molecule has 0 unspecified atom stereocenters. The van der Waals surface area contributed by atoms with Gasteiger partial charge in [0.1, 0.15) is 0 Å². The van der Waals surface area contributed by atoms with Crippen molar-refractivity contribution in [1.29, 1.82) is 0 Å². The quantitative estimate of drug-likeness (QED) is 0.476. The normalized spacial score (nSPS) is 12.6. The molecule has 12 heteroatoms. The lowest BCUT2D eigenvalue weighted by atomic mass is 10.3. The Morgan fingerprint density at radius 1 is 1.03 bits per heavy atom. The molecule has 1 aromatic carbocycles. The van der Waals surface area contributed by atoms with Crippen LogP contribution in [-0.4, -0.2) is 32.3 Å². The van der Waals surface area contributed by atoms with Crippen LogP contribution in [0, 0.1) is 0 Å². The standard InChI is InChI=1S/C18H12F3N5O3S/c19-18(20,21)17-23-16(24-29-17)7-2-13-8-11-25(12-13)30(27,28)15-5-3-14(4-6-15)26-10-1-9-22-26/h1-12H/b7-2+. The van der Waals surface area contributed by atoms with Crippen molar-refractivity contribution in [3.63, 3.8) is 0 Å². The molecule has 3 heterocycles. The molecule has 154 valence electrons. The number of benzene rings is 1. The van der Waals surface area contributed by atoms with Crippen LogP contribution in [0.3, 0.4) is 0 Å². The molecule has 0 radical (unpaired) electrons. The first-order valence-corrected chi connectivity index (χ1v) is 9.80. The van der Waals surface area contributed by atoms with Crippen LogP contribution in [0.4, 0.5) is 13.2 Å². The zero-order valence-electron chi connectivity index (χ0n) is 14.9. The minimum Gasteiger partial charge on any atom is -0.329 e. The molecule has 0 fully saturated rings. The maximum Gasteiger partial charge on any atom is 0.471 e. The van der Waals surface area contributed by atoms with Crippen LogP contribution in [0.15, 0.2) is 70.6 Å². The highest BCUT2D eigenvalue weighted by atomic mass is 32.2. The average molecular weight is 435 g/mol. The molecule has 30 heavy (non-hydrogen) atoms. The van der Waals surface area contributed by atoms with E-state index >= 15 is 0 Å². The van der Waals surface area contributed by atoms with Crippen LogP contribution in [0.2, 0.25) is 0 Å². The van der Waals surface area contributed by atoms with Gasteiger partial charge in [0.15, 0.2) is 5.82 Å². The number of rotatable bonds is 5. The highest BCUT2D eigenvalue weighted by molar-refractivity contribution is 7.90. The van der Waals surface area contributed by atoms with Gasteiger partial charge in [-0.3, -0.25) is 0 Å². The number of halogens is 3. The van der Waals surface area contributed by atoms with Gasteiger partial charge in [0.25, 0.3) is 10.0 Å². The van der Waals surface area contributed by atoms with Gasteiger partial charge < -0.3 is 4.52 Å². The van der Waals surface area contributed by atoms with E-state index in [0.29, 0.717) is 11.3 Å². The molecule has 0 aliphatic heterocycles. The molecular weight excluding hydrogens is 423 g/mol. The van der Waals surface area contributed by atoms with E-state index in [0.717, 1.165) is 3.97 Å². The molecule has 8 nitrogen and oxygen atoms in total. The largest absolute Gasteiger partial charge is 0.471 e. The average Bonchev–Trinajstić information content (AvgIpc) is 3.47. The molecule has 0 saturated carbocycles. The van der Waals surface area contributed by atoms with Gasteiger partial charge in [-0.2, -0.15) is 23.3 Å². The minimum absolute atomic E-state index is 0.0672. The Hall–Kier alpha value is -3.67. The van der Waals surface area contributed by atoms with Crippen molar-refractivity contribution in [2.24, 2.45) is 0 Å². The third kappa shape index (κ3) is 3.89. The second-order valence-electron chi connectivity index (χ2n) is 6.01. The number of hydrogen-bond acceptors (Lipinski definition) is 6. The van der Waals surface area contributed by atoms with Gasteiger partial charge in [-0.1, -0.05) is 5.16 Å². The number of nitrogens with zero attached hydrogens (tertiary/aromatic N) is 5. The van der Waals surface area contributed by atoms with E-state index in [2.05, 4.69) is 19.8 Å². The molecular formula is C18H12F3N5O3S. The van der Waals surface area contributed by atoms with Crippen molar-refractivity contribution in [1.82, 2.24) is 23.9 Å². The molecule has 0 bridgehead atoms. The van der Waals surface area contributed by atoms with Gasteiger partial charge in [-0.25, -0.2) is 17.1 Å². The molecule has 3 aromatic heterocycles. The Morgan fingerprint density at radius 3 is 2.43 bits per heavy atom. The van der Waals surface area contributed by atoms with E-state index in [1.165, 1.54) is 42.7 Å². The summed E-state index contributed by atoms with van der Waals surface area (Å²) in [5.41, 5.74) is 1.12. The van der Waals surface area contributed by atoms with Gasteiger partial charge in [0.05, 0.1) is 10.6 Å². The van der Waals surface area contributed by atoms with Crippen molar-refractivity contribution in [3.05, 3.63) is 78.5 Å². The second-order valence-corrected chi connectivity index (χ2v) is 7.86. The predicted molar refractivity (Wildman–Crippen MR) is 98.8 cm³/mol. The summed E-state index contributed by atoms with van der Waals surface area (Å²) in [5.74, 6) is -1.74. The van der Waals surface area contributed by atoms with Crippen molar-refractivity contribution in [2.75, 3.05) is 0 Å². The van der Waals surface area contributed by atoms with E-state index in [4.69, 9.17) is 0 Å². The molecule has 0 saturated heterocycles. The number of hydrogen-bond donors (Lipinski definition) is 0. The highest BCUT2D eigenvalue weighted by Crippen LogP contribution is 2.27. The number of aromatic nitrogens is 5. The Balaban J connectivity index is 1.53. The monoisotopic (exact) mass is 435 g/mol. The lowest BCUT2D eigenvalue weighted by Gasteiger charge is -2.07. The maximum absolute atomic E-state index is 12.8. The lowest BCUT2D eigenvalue weighted by molar-refractivity contribution is -0.159. The zero-order valence-corrected chi connectivity index (χ0v) is 15.7. The van der Waals surface area contributed by atoms with Crippen LogP contribution in [0.25, 0.3) is 17.8 Å². The fourth-order valence-electron chi connectivity index (χ4n) is 2.54. The van der Waals surface area contributed by atoms with Crippen molar-refractivity contribution < 1.29 is 26.1 Å². The minimum atomic E-state index is -4.73. The first-order chi connectivity index (χ1) is 14.2. The first kappa shape index (κ1) is 19.6. The summed E-state index contributed by atoms with van der Waals surface area (Å²) in [7, 11) is -3.85. The molecule has 0 aliphatic rings. The summed E-state index contributed by atoms with van der Waals surface area (Å²) in [6.45, 7) is 0. The maximum atomic E-state index is 12.8. The fourth-order valence-corrected chi connectivity index (χ4v) is 3.75. The Labute approximate surface area is 167 Å². The SMILES string of the molecule is O=S(=O)(c1ccc(-n2cccn2)cc1)n1ccc(/C=C/c2noc(C(F)(F)F)n2)c1. The van der Waals surface area contributed by atoms with Crippen molar-refractivity contribution in [2.45, 2.75) is 11.1 Å². The van der Waals surface area contributed by atoms with E-state index in [9.17, 15) is 21.6 Å². The Morgan fingerprint density at radius 2 is 1.80 bits per heavy atom. The van der Waals surface area contributed by atoms with Gasteiger partial charge in [0.2, 0.25) is 0 Å². The summed E-state index contributed by atoms with van der Waals surface area (Å²) >= 11 is 0. The van der Waals surface area contributed by atoms with Crippen LogP contribution >= 0.6 is 0 Å². The first-order valence-electron chi connectivity index (χ1n) is 8.36. The molecule has 0 atom stereocenters. The predicted octanol–water partition coefficient (Wildman–Crippen LogP) is 3.48. The molecule has 0 spiro atoms. The van der Waals surface area contributed by atoms with E-state index in [-0.39, 0.29) is 10.7 Å². The molecule has 0 amide bonds. The Bertz CT molecular complexity index is 1290. The fraction of sp³-hybridized carbons (Fsp3) is 0.0556. The molecule has 0 aliphatic carbocycles. The third-order valence-corrected chi connectivity index (χ3v) is 5.63. The summed E-state index contributed by atoms with van der Waals surface area (Å²) in [4.78, 5) is 3.27. The zero-order chi connectivity index (χ0) is 21.4. The smallest absolute Gasteiger partial charge is 0.329 e. The summed E-state index contributed by atoms with van der Waals surface area (Å²) in [6.07, 6.45) is 3.81. The Kier molecular flexibility index (Phi) is 4.78. The molecule has 4 rings (SSSR count). The van der Waals surface area contributed by atoms with Crippen LogP contribution in [0.1, 0.15) is 17.3 Å². The van der Waals surface area contributed by atoms with Crippen LogP contribution in [0.5, 0.6) is 0 Å².